The maximum Gasteiger partial charge on any atom is 0.123 e. The predicted molar refractivity (Wildman–Crippen MR) is 70.9 cm³/mol. The average Bonchev–Trinajstić information content (AvgIpc) is 3.20. The highest BCUT2D eigenvalue weighted by Gasteiger charge is 2.37. The summed E-state index contributed by atoms with van der Waals surface area (Å²) in [7, 11) is 0. The zero-order valence-electron chi connectivity index (χ0n) is 10.7. The highest BCUT2D eigenvalue weighted by molar-refractivity contribution is 5.61. The number of carbonyl (C=O) groups excluding carboxylic acids is 1. The number of hydrogen-bond acceptors (Lipinski definition) is 2. The van der Waals surface area contributed by atoms with Gasteiger partial charge in [-0.25, -0.2) is 0 Å². The van der Waals surface area contributed by atoms with Crippen LogP contribution in [-0.4, -0.2) is 12.4 Å². The Morgan fingerprint density at radius 3 is 2.39 bits per heavy atom. The van der Waals surface area contributed by atoms with Crippen LogP contribution in [0.25, 0.3) is 0 Å². The Labute approximate surface area is 108 Å². The van der Waals surface area contributed by atoms with Gasteiger partial charge in [0, 0.05) is 5.92 Å². The zero-order valence-corrected chi connectivity index (χ0v) is 10.7. The lowest BCUT2D eigenvalue weighted by Gasteiger charge is -2.23. The smallest absolute Gasteiger partial charge is 0.123 e. The fourth-order valence-corrected chi connectivity index (χ4v) is 2.92. The number of benzene rings is 1. The highest BCUT2D eigenvalue weighted by atomic mass is 16.5. The van der Waals surface area contributed by atoms with E-state index in [0.717, 1.165) is 18.5 Å². The van der Waals surface area contributed by atoms with Crippen LogP contribution >= 0.6 is 0 Å². The van der Waals surface area contributed by atoms with Gasteiger partial charge in [-0.05, 0) is 55.7 Å². The Morgan fingerprint density at radius 2 is 1.78 bits per heavy atom. The molecule has 0 N–H and O–H groups in total. The van der Waals surface area contributed by atoms with Gasteiger partial charge in [0.1, 0.15) is 12.0 Å². The standard InChI is InChI=1S/C16H20O2/c17-11-13-10-16(13)12-6-8-15(9-7-12)18-14-4-2-1-3-5-14/h6-9,11,13-14,16H,1-5,10H2. The Bertz CT molecular complexity index is 404. The van der Waals surface area contributed by atoms with E-state index < -0.39 is 0 Å². The van der Waals surface area contributed by atoms with Gasteiger partial charge < -0.3 is 9.53 Å². The van der Waals surface area contributed by atoms with Crippen molar-refractivity contribution in [2.24, 2.45) is 5.92 Å². The molecular formula is C16H20O2. The molecule has 0 saturated heterocycles. The molecule has 18 heavy (non-hydrogen) atoms. The van der Waals surface area contributed by atoms with Gasteiger partial charge in [-0.2, -0.15) is 0 Å². The fraction of sp³-hybridized carbons (Fsp3) is 0.562. The number of hydrogen-bond donors (Lipinski definition) is 0. The predicted octanol–water partition coefficient (Wildman–Crippen LogP) is 3.70. The normalized spacial score (nSPS) is 27.8. The van der Waals surface area contributed by atoms with E-state index in [9.17, 15) is 4.79 Å². The summed E-state index contributed by atoms with van der Waals surface area (Å²) in [6.45, 7) is 0. The molecule has 0 aromatic heterocycles. The van der Waals surface area contributed by atoms with Gasteiger partial charge in [0.05, 0.1) is 6.10 Å². The van der Waals surface area contributed by atoms with Gasteiger partial charge in [-0.1, -0.05) is 18.6 Å². The molecule has 2 fully saturated rings. The van der Waals surface area contributed by atoms with Crippen LogP contribution in [-0.2, 0) is 4.79 Å². The van der Waals surface area contributed by atoms with Gasteiger partial charge in [-0.3, -0.25) is 0 Å². The minimum Gasteiger partial charge on any atom is -0.490 e. The van der Waals surface area contributed by atoms with E-state index in [1.807, 2.05) is 0 Å². The third-order valence-corrected chi connectivity index (χ3v) is 4.18. The summed E-state index contributed by atoms with van der Waals surface area (Å²) < 4.78 is 5.99. The molecule has 2 heteroatoms. The summed E-state index contributed by atoms with van der Waals surface area (Å²) >= 11 is 0. The molecule has 1 aromatic rings. The molecule has 2 unspecified atom stereocenters. The van der Waals surface area contributed by atoms with E-state index in [1.54, 1.807) is 0 Å². The zero-order chi connectivity index (χ0) is 12.4. The first kappa shape index (κ1) is 11.8. The van der Waals surface area contributed by atoms with Crippen molar-refractivity contribution in [2.75, 3.05) is 0 Å². The van der Waals surface area contributed by atoms with Crippen molar-refractivity contribution in [2.45, 2.75) is 50.5 Å². The maximum absolute atomic E-state index is 10.7. The van der Waals surface area contributed by atoms with Crippen molar-refractivity contribution in [3.8, 4) is 5.75 Å². The SMILES string of the molecule is O=CC1CC1c1ccc(OC2CCCCC2)cc1. The monoisotopic (exact) mass is 244 g/mol. The fourth-order valence-electron chi connectivity index (χ4n) is 2.92. The first-order chi connectivity index (χ1) is 8.86. The van der Waals surface area contributed by atoms with Crippen molar-refractivity contribution >= 4 is 6.29 Å². The van der Waals surface area contributed by atoms with E-state index in [-0.39, 0.29) is 5.92 Å². The minimum absolute atomic E-state index is 0.259. The summed E-state index contributed by atoms with van der Waals surface area (Å²) in [5, 5.41) is 0. The van der Waals surface area contributed by atoms with Crippen LogP contribution in [0, 0.1) is 5.92 Å². The summed E-state index contributed by atoms with van der Waals surface area (Å²) in [4.78, 5) is 10.7. The first-order valence-electron chi connectivity index (χ1n) is 7.09. The second-order valence-corrected chi connectivity index (χ2v) is 5.59. The molecule has 2 atom stereocenters. The lowest BCUT2D eigenvalue weighted by atomic mass is 9.98. The summed E-state index contributed by atoms with van der Waals surface area (Å²) in [5.41, 5.74) is 1.28. The van der Waals surface area contributed by atoms with E-state index in [1.165, 1.54) is 37.7 Å². The molecule has 0 spiro atoms. The Hall–Kier alpha value is -1.31. The van der Waals surface area contributed by atoms with Crippen molar-refractivity contribution in [3.63, 3.8) is 0 Å². The van der Waals surface area contributed by atoms with Crippen molar-refractivity contribution in [3.05, 3.63) is 29.8 Å². The summed E-state index contributed by atoms with van der Waals surface area (Å²) in [5.74, 6) is 1.70. The molecular weight excluding hydrogens is 224 g/mol. The summed E-state index contributed by atoms with van der Waals surface area (Å²) in [6.07, 6.45) is 8.84. The highest BCUT2D eigenvalue weighted by Crippen LogP contribution is 2.46. The molecule has 2 saturated carbocycles. The van der Waals surface area contributed by atoms with Gasteiger partial charge in [0.2, 0.25) is 0 Å². The third-order valence-electron chi connectivity index (χ3n) is 4.18. The third kappa shape index (κ3) is 2.58. The second-order valence-electron chi connectivity index (χ2n) is 5.59. The van der Waals surface area contributed by atoms with Gasteiger partial charge in [-0.15, -0.1) is 0 Å². The van der Waals surface area contributed by atoms with Gasteiger partial charge in [0.25, 0.3) is 0 Å². The van der Waals surface area contributed by atoms with E-state index >= 15 is 0 Å². The number of aldehydes is 1. The topological polar surface area (TPSA) is 26.3 Å². The minimum atomic E-state index is 0.259. The van der Waals surface area contributed by atoms with Crippen LogP contribution in [0.3, 0.4) is 0 Å². The molecule has 3 rings (SSSR count). The van der Waals surface area contributed by atoms with Crippen LogP contribution in [0.2, 0.25) is 0 Å². The van der Waals surface area contributed by atoms with E-state index in [0.29, 0.717) is 12.0 Å². The summed E-state index contributed by atoms with van der Waals surface area (Å²) in [6, 6.07) is 8.35. The molecule has 2 nitrogen and oxygen atoms in total. The second kappa shape index (κ2) is 5.13. The maximum atomic E-state index is 10.7. The van der Waals surface area contributed by atoms with Gasteiger partial charge >= 0.3 is 0 Å². The Morgan fingerprint density at radius 1 is 1.06 bits per heavy atom. The first-order valence-corrected chi connectivity index (χ1v) is 7.09. The average molecular weight is 244 g/mol. The molecule has 2 aliphatic rings. The number of ether oxygens (including phenoxy) is 1. The number of carbonyl (C=O) groups is 1. The largest absolute Gasteiger partial charge is 0.490 e. The van der Waals surface area contributed by atoms with Crippen molar-refractivity contribution in [1.29, 1.82) is 0 Å². The molecule has 0 radical (unpaired) electrons. The molecule has 0 aliphatic heterocycles. The molecule has 0 heterocycles. The van der Waals surface area contributed by atoms with Crippen LogP contribution in [0.15, 0.2) is 24.3 Å². The van der Waals surface area contributed by atoms with Crippen LogP contribution < -0.4 is 4.74 Å². The number of rotatable bonds is 4. The molecule has 0 amide bonds. The van der Waals surface area contributed by atoms with Crippen molar-refractivity contribution in [1.82, 2.24) is 0 Å². The van der Waals surface area contributed by atoms with E-state index in [2.05, 4.69) is 24.3 Å². The Kier molecular flexibility index (Phi) is 3.35. The molecule has 2 aliphatic carbocycles. The van der Waals surface area contributed by atoms with E-state index in [4.69, 9.17) is 4.74 Å². The van der Waals surface area contributed by atoms with Crippen LogP contribution in [0.5, 0.6) is 5.75 Å². The molecule has 96 valence electrons. The molecule has 1 aromatic carbocycles. The van der Waals surface area contributed by atoms with Crippen LogP contribution in [0.4, 0.5) is 0 Å². The molecule has 0 bridgehead atoms. The Balaban J connectivity index is 1.59. The lowest BCUT2D eigenvalue weighted by molar-refractivity contribution is -0.108. The quantitative estimate of drug-likeness (QED) is 0.755. The van der Waals surface area contributed by atoms with Crippen molar-refractivity contribution < 1.29 is 9.53 Å². The van der Waals surface area contributed by atoms with Crippen LogP contribution in [0.1, 0.15) is 50.0 Å². The lowest BCUT2D eigenvalue weighted by Crippen LogP contribution is -2.19. The van der Waals surface area contributed by atoms with Gasteiger partial charge in [0.15, 0.2) is 0 Å².